The normalized spacial score (nSPS) is 15.7. The molecule has 1 aliphatic rings. The lowest BCUT2D eigenvalue weighted by Crippen LogP contribution is -2.39. The van der Waals surface area contributed by atoms with E-state index < -0.39 is 17.8 Å². The molecule has 138 valence electrons. The van der Waals surface area contributed by atoms with Crippen LogP contribution in [-0.2, 0) is 6.18 Å². The number of nitrogens with two attached hydrogens (primary N) is 1. The molecule has 1 saturated heterocycles. The fraction of sp³-hybridized carbons (Fsp3) is 0.375. The predicted molar refractivity (Wildman–Crippen MR) is 88.6 cm³/mol. The van der Waals surface area contributed by atoms with Crippen LogP contribution in [0.25, 0.3) is 0 Å². The maximum atomic E-state index is 12.7. The molecule has 1 amide bonds. The van der Waals surface area contributed by atoms with Gasteiger partial charge in [0, 0.05) is 37.1 Å². The molecule has 0 aromatic carbocycles. The minimum absolute atomic E-state index is 0.000295. The van der Waals surface area contributed by atoms with E-state index in [1.807, 2.05) is 0 Å². The summed E-state index contributed by atoms with van der Waals surface area (Å²) < 4.78 is 38.1. The molecule has 0 atom stereocenters. The fourth-order valence-corrected chi connectivity index (χ4v) is 2.83. The van der Waals surface area contributed by atoms with Gasteiger partial charge in [0.1, 0.15) is 23.5 Å². The molecule has 7 nitrogen and oxygen atoms in total. The van der Waals surface area contributed by atoms with Crippen LogP contribution in [0.15, 0.2) is 30.7 Å². The summed E-state index contributed by atoms with van der Waals surface area (Å²) in [5, 5.41) is 3.03. The molecule has 3 rings (SSSR count). The number of alkyl halides is 3. The third kappa shape index (κ3) is 4.19. The van der Waals surface area contributed by atoms with E-state index in [2.05, 4.69) is 25.2 Å². The topological polar surface area (TPSA) is 97.0 Å². The van der Waals surface area contributed by atoms with Crippen molar-refractivity contribution < 1.29 is 18.0 Å². The van der Waals surface area contributed by atoms with Crippen molar-refractivity contribution in [3.05, 3.63) is 42.1 Å². The maximum Gasteiger partial charge on any atom is 0.433 e. The van der Waals surface area contributed by atoms with Crippen LogP contribution in [0.1, 0.15) is 29.0 Å². The van der Waals surface area contributed by atoms with Gasteiger partial charge in [-0.25, -0.2) is 9.97 Å². The third-order valence-electron chi connectivity index (χ3n) is 4.17. The number of aromatic nitrogens is 3. The highest BCUT2D eigenvalue weighted by atomic mass is 19.4. The predicted octanol–water partition coefficient (Wildman–Crippen LogP) is 2.07. The fourth-order valence-electron chi connectivity index (χ4n) is 2.83. The highest BCUT2D eigenvalue weighted by Crippen LogP contribution is 2.29. The lowest BCUT2D eigenvalue weighted by atomic mass is 10.0. The molecule has 0 spiro atoms. The molecule has 2 aromatic heterocycles. The van der Waals surface area contributed by atoms with Crippen LogP contribution in [0, 0.1) is 0 Å². The molecule has 3 N–H and O–H groups in total. The van der Waals surface area contributed by atoms with Crippen molar-refractivity contribution in [2.75, 3.05) is 23.3 Å². The molecule has 0 unspecified atom stereocenters. The van der Waals surface area contributed by atoms with Crippen LogP contribution >= 0.6 is 0 Å². The van der Waals surface area contributed by atoms with Crippen LogP contribution in [0.2, 0.25) is 0 Å². The molecule has 0 aliphatic carbocycles. The molecule has 10 heteroatoms. The van der Waals surface area contributed by atoms with Crippen molar-refractivity contribution in [1.82, 2.24) is 15.0 Å². The standard InChI is InChI=1S/C16H17F3N6O/c17-16(18,19)13-8-14(23-9-22-13)24-10-2-5-25(6-3-10)11-1-4-21-12(7-11)15(20)26/h1,4,7-10H,2-3,5-6H2,(H2,20,26)(H,22,23,24). The van der Waals surface area contributed by atoms with Gasteiger partial charge in [-0.2, -0.15) is 13.2 Å². The lowest BCUT2D eigenvalue weighted by Gasteiger charge is -2.34. The van der Waals surface area contributed by atoms with Crippen LogP contribution in [-0.4, -0.2) is 40.0 Å². The quantitative estimate of drug-likeness (QED) is 0.860. The average molecular weight is 366 g/mol. The highest BCUT2D eigenvalue weighted by Gasteiger charge is 2.33. The second kappa shape index (κ2) is 7.14. The van der Waals surface area contributed by atoms with Gasteiger partial charge >= 0.3 is 6.18 Å². The van der Waals surface area contributed by atoms with Crippen LogP contribution in [0.3, 0.4) is 0 Å². The van der Waals surface area contributed by atoms with Gasteiger partial charge in [0.05, 0.1) is 0 Å². The summed E-state index contributed by atoms with van der Waals surface area (Å²) in [6, 6.07) is 4.34. The zero-order chi connectivity index (χ0) is 18.7. The Morgan fingerprint density at radius 1 is 1.19 bits per heavy atom. The van der Waals surface area contributed by atoms with Gasteiger partial charge in [0.2, 0.25) is 0 Å². The molecule has 0 radical (unpaired) electrons. The van der Waals surface area contributed by atoms with Crippen molar-refractivity contribution in [2.45, 2.75) is 25.1 Å². The van der Waals surface area contributed by atoms with E-state index in [1.165, 1.54) is 6.20 Å². The smallest absolute Gasteiger partial charge is 0.371 e. The van der Waals surface area contributed by atoms with Crippen molar-refractivity contribution >= 4 is 17.4 Å². The van der Waals surface area contributed by atoms with E-state index in [0.29, 0.717) is 25.9 Å². The van der Waals surface area contributed by atoms with Crippen molar-refractivity contribution in [3.63, 3.8) is 0 Å². The Hall–Kier alpha value is -2.91. The Bertz CT molecular complexity index is 790. The summed E-state index contributed by atoms with van der Waals surface area (Å²) in [5.41, 5.74) is 5.31. The van der Waals surface area contributed by atoms with Crippen molar-refractivity contribution in [2.24, 2.45) is 5.73 Å². The number of nitrogens with zero attached hydrogens (tertiary/aromatic N) is 4. The first-order valence-electron chi connectivity index (χ1n) is 7.99. The number of halogens is 3. The number of nitrogens with one attached hydrogen (secondary N) is 1. The van der Waals surface area contributed by atoms with Gasteiger partial charge in [0.15, 0.2) is 0 Å². The second-order valence-corrected chi connectivity index (χ2v) is 5.96. The first kappa shape index (κ1) is 17.9. The third-order valence-corrected chi connectivity index (χ3v) is 4.17. The monoisotopic (exact) mass is 366 g/mol. The Labute approximate surface area is 147 Å². The molecule has 3 heterocycles. The Morgan fingerprint density at radius 3 is 2.58 bits per heavy atom. The summed E-state index contributed by atoms with van der Waals surface area (Å²) in [6.07, 6.45) is -0.649. The molecule has 1 fully saturated rings. The van der Waals surface area contributed by atoms with Gasteiger partial charge in [-0.15, -0.1) is 0 Å². The minimum atomic E-state index is -4.50. The molecule has 26 heavy (non-hydrogen) atoms. The van der Waals surface area contributed by atoms with E-state index >= 15 is 0 Å². The second-order valence-electron chi connectivity index (χ2n) is 5.96. The van der Waals surface area contributed by atoms with Gasteiger partial charge in [-0.05, 0) is 25.0 Å². The number of primary amides is 1. The average Bonchev–Trinajstić information content (AvgIpc) is 2.62. The Morgan fingerprint density at radius 2 is 1.92 bits per heavy atom. The highest BCUT2D eigenvalue weighted by molar-refractivity contribution is 5.91. The van der Waals surface area contributed by atoms with Gasteiger partial charge < -0.3 is 16.0 Å². The van der Waals surface area contributed by atoms with E-state index in [4.69, 9.17) is 5.73 Å². The number of hydrogen-bond donors (Lipinski definition) is 2. The zero-order valence-electron chi connectivity index (χ0n) is 13.7. The van der Waals surface area contributed by atoms with Crippen LogP contribution < -0.4 is 16.0 Å². The molecule has 2 aromatic rings. The SMILES string of the molecule is NC(=O)c1cc(N2CCC(Nc3cc(C(F)(F)F)ncn3)CC2)ccn1. The number of carbonyl (C=O) groups excluding carboxylic acids is 1. The van der Waals surface area contributed by atoms with E-state index in [9.17, 15) is 18.0 Å². The van der Waals surface area contributed by atoms with Crippen LogP contribution in [0.4, 0.5) is 24.7 Å². The summed E-state index contributed by atoms with van der Waals surface area (Å²) in [7, 11) is 0. The summed E-state index contributed by atoms with van der Waals surface area (Å²) in [5.74, 6) is -0.432. The number of hydrogen-bond acceptors (Lipinski definition) is 6. The number of carbonyl (C=O) groups is 1. The van der Waals surface area contributed by atoms with E-state index in [1.54, 1.807) is 12.1 Å². The number of rotatable bonds is 4. The van der Waals surface area contributed by atoms with Gasteiger partial charge in [0.25, 0.3) is 5.91 Å². The van der Waals surface area contributed by atoms with Crippen LogP contribution in [0.5, 0.6) is 0 Å². The molecule has 1 aliphatic heterocycles. The van der Waals surface area contributed by atoms with Gasteiger partial charge in [-0.1, -0.05) is 0 Å². The Balaban J connectivity index is 1.61. The summed E-state index contributed by atoms with van der Waals surface area (Å²) in [6.45, 7) is 1.36. The lowest BCUT2D eigenvalue weighted by molar-refractivity contribution is -0.141. The number of anilines is 2. The van der Waals surface area contributed by atoms with Gasteiger partial charge in [-0.3, -0.25) is 9.78 Å². The van der Waals surface area contributed by atoms with Crippen molar-refractivity contribution in [1.29, 1.82) is 0 Å². The Kier molecular flexibility index (Phi) is 4.92. The first-order valence-corrected chi connectivity index (χ1v) is 7.99. The largest absolute Gasteiger partial charge is 0.433 e. The molecule has 0 saturated carbocycles. The summed E-state index contributed by atoms with van der Waals surface area (Å²) in [4.78, 5) is 24.3. The number of pyridine rings is 1. The van der Waals surface area contributed by atoms with E-state index in [0.717, 1.165) is 18.1 Å². The summed E-state index contributed by atoms with van der Waals surface area (Å²) >= 11 is 0. The molecule has 0 bridgehead atoms. The first-order chi connectivity index (χ1) is 12.3. The number of piperidine rings is 1. The minimum Gasteiger partial charge on any atom is -0.371 e. The van der Waals surface area contributed by atoms with E-state index in [-0.39, 0.29) is 17.6 Å². The number of amides is 1. The zero-order valence-corrected chi connectivity index (χ0v) is 13.7. The molecular weight excluding hydrogens is 349 g/mol. The molecular formula is C16H17F3N6O. The maximum absolute atomic E-state index is 12.7. The van der Waals surface area contributed by atoms with Crippen molar-refractivity contribution in [3.8, 4) is 0 Å².